The van der Waals surface area contributed by atoms with Crippen LogP contribution in [0, 0.1) is 11.8 Å². The molecule has 4 unspecified atom stereocenters. The highest BCUT2D eigenvalue weighted by Gasteiger charge is 2.71. The average molecular weight is 311 g/mol. The van der Waals surface area contributed by atoms with E-state index in [4.69, 9.17) is 18.9 Å². The van der Waals surface area contributed by atoms with Gasteiger partial charge in [0.2, 0.25) is 0 Å². The van der Waals surface area contributed by atoms with Crippen LogP contribution in [-0.4, -0.2) is 43.2 Å². The van der Waals surface area contributed by atoms with Gasteiger partial charge in [0.25, 0.3) is 6.29 Å². The molecule has 22 heavy (non-hydrogen) atoms. The molecule has 3 aliphatic rings. The molecule has 0 spiro atoms. The van der Waals surface area contributed by atoms with E-state index in [1.165, 1.54) is 13.4 Å². The van der Waals surface area contributed by atoms with Crippen molar-refractivity contribution < 1.29 is 28.5 Å². The Morgan fingerprint density at radius 3 is 2.82 bits per heavy atom. The molecule has 0 radical (unpaired) electrons. The minimum atomic E-state index is -0.769. The number of hydrogen-bond acceptors (Lipinski definition) is 6. The molecule has 2 heterocycles. The fourth-order valence-corrected chi connectivity index (χ4v) is 3.51. The molecular formula is C15H21NO6. The number of esters is 1. The molecule has 7 nitrogen and oxygen atoms in total. The monoisotopic (exact) mass is 311 g/mol. The highest BCUT2D eigenvalue weighted by Crippen LogP contribution is 2.60. The lowest BCUT2D eigenvalue weighted by atomic mass is 9.82. The van der Waals surface area contributed by atoms with Crippen molar-refractivity contribution in [3.8, 4) is 0 Å². The fourth-order valence-electron chi connectivity index (χ4n) is 3.51. The molecule has 5 atom stereocenters. The van der Waals surface area contributed by atoms with Gasteiger partial charge >= 0.3 is 12.1 Å². The normalized spacial score (nSPS) is 38.3. The maximum atomic E-state index is 11.9. The summed E-state index contributed by atoms with van der Waals surface area (Å²) in [6.07, 6.45) is 0.818. The van der Waals surface area contributed by atoms with E-state index in [-0.39, 0.29) is 24.0 Å². The Balaban J connectivity index is 1.79. The van der Waals surface area contributed by atoms with Crippen molar-refractivity contribution in [3.63, 3.8) is 0 Å². The third kappa shape index (κ3) is 2.33. The summed E-state index contributed by atoms with van der Waals surface area (Å²) in [5.41, 5.74) is 0.0645. The number of fused-ring (bicyclic) bond motifs is 3. The molecule has 1 N–H and O–H groups in total. The lowest BCUT2D eigenvalue weighted by Gasteiger charge is -2.35. The lowest BCUT2D eigenvalue weighted by molar-refractivity contribution is -0.150. The quantitative estimate of drug-likeness (QED) is 0.625. The molecule has 0 aromatic rings. The second-order valence-corrected chi connectivity index (χ2v) is 6.43. The van der Waals surface area contributed by atoms with Crippen LogP contribution in [0.4, 0.5) is 4.79 Å². The summed E-state index contributed by atoms with van der Waals surface area (Å²) in [7, 11) is 1.34. The van der Waals surface area contributed by atoms with Crippen molar-refractivity contribution in [2.45, 2.75) is 51.2 Å². The van der Waals surface area contributed by atoms with E-state index in [0.717, 1.165) is 0 Å². The topological polar surface area (TPSA) is 86.4 Å². The van der Waals surface area contributed by atoms with Gasteiger partial charge < -0.3 is 24.3 Å². The van der Waals surface area contributed by atoms with Gasteiger partial charge in [-0.3, -0.25) is 0 Å². The van der Waals surface area contributed by atoms with Crippen LogP contribution in [0.15, 0.2) is 11.8 Å². The number of alkyl carbamates (subject to hydrolysis) is 1. The number of carbonyl (C=O) groups excluding carboxylic acids is 2. The minimum Gasteiger partial charge on any atom is -0.466 e. The number of ether oxygens (including phenoxy) is 4. The first kappa shape index (κ1) is 15.1. The molecule has 122 valence electrons. The van der Waals surface area contributed by atoms with Crippen molar-refractivity contribution in [1.82, 2.24) is 5.32 Å². The Kier molecular flexibility index (Phi) is 3.55. The summed E-state index contributed by atoms with van der Waals surface area (Å²) in [5.74, 6) is -0.707. The molecule has 1 aliphatic carbocycles. The first-order valence-corrected chi connectivity index (χ1v) is 7.45. The molecule has 7 heteroatoms. The van der Waals surface area contributed by atoms with Crippen LogP contribution >= 0.6 is 0 Å². The predicted molar refractivity (Wildman–Crippen MR) is 74.6 cm³/mol. The first-order chi connectivity index (χ1) is 10.4. The maximum absolute atomic E-state index is 11.9. The van der Waals surface area contributed by atoms with Crippen molar-refractivity contribution in [2.75, 3.05) is 7.11 Å². The van der Waals surface area contributed by atoms with Crippen LogP contribution in [0.1, 0.15) is 27.2 Å². The molecule has 0 aromatic heterocycles. The molecule has 0 aromatic carbocycles. The smallest absolute Gasteiger partial charge is 0.410 e. The Bertz CT molecular complexity index is 530. The number of rotatable bonds is 3. The van der Waals surface area contributed by atoms with Crippen molar-refractivity contribution >= 4 is 12.1 Å². The van der Waals surface area contributed by atoms with E-state index in [1.807, 2.05) is 20.8 Å². The van der Waals surface area contributed by atoms with E-state index in [2.05, 4.69) is 5.32 Å². The Morgan fingerprint density at radius 1 is 1.45 bits per heavy atom. The number of carbonyl (C=O) groups is 2. The summed E-state index contributed by atoms with van der Waals surface area (Å²) < 4.78 is 21.4. The standard InChI is InChI=1S/C15H21NO6/c1-7(2)16-14(18)21-13-11-8(5-10-15(11,3)22-10)9(6-20-13)12(17)19-4/h6-8,10-11,13H,5H2,1-4H3,(H,16,18)/t8?,10?,11?,13?,15-/m0/s1. The number of nitrogens with one attached hydrogen (secondary N) is 1. The zero-order valence-electron chi connectivity index (χ0n) is 13.1. The van der Waals surface area contributed by atoms with Gasteiger partial charge in [-0.25, -0.2) is 9.59 Å². The Hall–Kier alpha value is -1.76. The predicted octanol–water partition coefficient (Wildman–Crippen LogP) is 1.33. The summed E-state index contributed by atoms with van der Waals surface area (Å²) in [4.78, 5) is 23.7. The van der Waals surface area contributed by atoms with Gasteiger partial charge in [-0.1, -0.05) is 0 Å². The molecule has 1 amide bonds. The number of hydrogen-bond donors (Lipinski definition) is 1. The van der Waals surface area contributed by atoms with E-state index in [1.54, 1.807) is 0 Å². The second kappa shape index (κ2) is 5.15. The van der Waals surface area contributed by atoms with Crippen LogP contribution in [0.2, 0.25) is 0 Å². The third-order valence-corrected chi connectivity index (χ3v) is 4.61. The second-order valence-electron chi connectivity index (χ2n) is 6.43. The van der Waals surface area contributed by atoms with Gasteiger partial charge in [-0.2, -0.15) is 0 Å². The van der Waals surface area contributed by atoms with Gasteiger partial charge in [-0.05, 0) is 27.2 Å². The molecular weight excluding hydrogens is 290 g/mol. The summed E-state index contributed by atoms with van der Waals surface area (Å²) in [5, 5.41) is 2.66. The molecule has 3 rings (SSSR count). The number of methoxy groups -OCH3 is 1. The van der Waals surface area contributed by atoms with Gasteiger partial charge in [0.1, 0.15) is 5.60 Å². The molecule has 1 saturated carbocycles. The highest BCUT2D eigenvalue weighted by molar-refractivity contribution is 5.89. The van der Waals surface area contributed by atoms with Crippen molar-refractivity contribution in [2.24, 2.45) is 11.8 Å². The highest BCUT2D eigenvalue weighted by atomic mass is 16.7. The molecule has 1 saturated heterocycles. The zero-order chi connectivity index (χ0) is 16.1. The van der Waals surface area contributed by atoms with Crippen molar-refractivity contribution in [1.29, 1.82) is 0 Å². The largest absolute Gasteiger partial charge is 0.466 e. The van der Waals surface area contributed by atoms with Crippen LogP contribution in [0.25, 0.3) is 0 Å². The molecule has 2 aliphatic heterocycles. The minimum absolute atomic E-state index is 0.0304. The van der Waals surface area contributed by atoms with E-state index in [0.29, 0.717) is 12.0 Å². The van der Waals surface area contributed by atoms with Gasteiger partial charge in [0.15, 0.2) is 0 Å². The van der Waals surface area contributed by atoms with E-state index in [9.17, 15) is 9.59 Å². The molecule has 2 fully saturated rings. The Labute approximate surface area is 128 Å². The lowest BCUT2D eigenvalue weighted by Crippen LogP contribution is -2.45. The maximum Gasteiger partial charge on any atom is 0.410 e. The summed E-state index contributed by atoms with van der Waals surface area (Å²) in [6.45, 7) is 5.65. The van der Waals surface area contributed by atoms with Crippen LogP contribution < -0.4 is 5.32 Å². The van der Waals surface area contributed by atoms with Crippen LogP contribution in [0.5, 0.6) is 0 Å². The SMILES string of the molecule is COC(=O)C1=COC(OC(=O)NC(C)C)C2C1CC1O[C@@]12C. The van der Waals surface area contributed by atoms with Crippen LogP contribution in [0.3, 0.4) is 0 Å². The van der Waals surface area contributed by atoms with Gasteiger partial charge in [-0.15, -0.1) is 0 Å². The number of amides is 1. The zero-order valence-corrected chi connectivity index (χ0v) is 13.1. The van der Waals surface area contributed by atoms with E-state index < -0.39 is 24.0 Å². The Morgan fingerprint density at radius 2 is 2.18 bits per heavy atom. The van der Waals surface area contributed by atoms with Crippen LogP contribution in [-0.2, 0) is 23.7 Å². The summed E-state index contributed by atoms with van der Waals surface area (Å²) in [6, 6.07) is -0.0304. The average Bonchev–Trinajstić information content (AvgIpc) is 2.99. The van der Waals surface area contributed by atoms with Gasteiger partial charge in [0, 0.05) is 12.0 Å². The van der Waals surface area contributed by atoms with E-state index >= 15 is 0 Å². The first-order valence-electron chi connectivity index (χ1n) is 7.45. The third-order valence-electron chi connectivity index (χ3n) is 4.61. The summed E-state index contributed by atoms with van der Waals surface area (Å²) >= 11 is 0. The number of epoxide rings is 1. The fraction of sp³-hybridized carbons (Fsp3) is 0.733. The van der Waals surface area contributed by atoms with Gasteiger partial charge in [0.05, 0.1) is 31.0 Å². The van der Waals surface area contributed by atoms with Crippen molar-refractivity contribution in [3.05, 3.63) is 11.8 Å². The molecule has 0 bridgehead atoms.